The quantitative estimate of drug-likeness (QED) is 0.682. The number of aromatic amines is 1. The van der Waals surface area contributed by atoms with Gasteiger partial charge in [-0.3, -0.25) is 4.79 Å². The SMILES string of the molecule is Cc1ccc(S(=O)(=O)c2cccc3c(=O)n(O)c(=O)[nH]c23)cc1. The molecule has 0 radical (unpaired) electrons. The normalized spacial score (nSPS) is 11.7. The highest BCUT2D eigenvalue weighted by Gasteiger charge is 2.22. The van der Waals surface area contributed by atoms with Crippen LogP contribution in [0.15, 0.2) is 61.8 Å². The highest BCUT2D eigenvalue weighted by molar-refractivity contribution is 7.91. The third kappa shape index (κ3) is 2.33. The topological polar surface area (TPSA) is 109 Å². The fourth-order valence-electron chi connectivity index (χ4n) is 2.27. The summed E-state index contributed by atoms with van der Waals surface area (Å²) in [6.45, 7) is 1.83. The van der Waals surface area contributed by atoms with Crippen molar-refractivity contribution in [1.29, 1.82) is 0 Å². The zero-order valence-electron chi connectivity index (χ0n) is 12.0. The highest BCUT2D eigenvalue weighted by atomic mass is 32.2. The predicted molar refractivity (Wildman–Crippen MR) is 82.6 cm³/mol. The molecule has 23 heavy (non-hydrogen) atoms. The molecule has 0 bridgehead atoms. The monoisotopic (exact) mass is 332 g/mol. The number of sulfone groups is 1. The standard InChI is InChI=1S/C15H12N2O5S/c1-9-5-7-10(8-6-9)23(21,22)12-4-2-3-11-13(12)16-15(19)17(20)14(11)18/h2-8,20H,1H3,(H,16,19). The summed E-state index contributed by atoms with van der Waals surface area (Å²) < 4.78 is 25.5. The number of hydrogen-bond donors (Lipinski definition) is 2. The van der Waals surface area contributed by atoms with Crippen LogP contribution in [0.1, 0.15) is 5.56 Å². The molecular weight excluding hydrogens is 320 g/mol. The molecule has 118 valence electrons. The smallest absolute Gasteiger partial charge is 0.362 e. The molecule has 0 saturated carbocycles. The molecule has 0 fully saturated rings. The second kappa shape index (κ2) is 5.10. The van der Waals surface area contributed by atoms with Crippen molar-refractivity contribution in [2.24, 2.45) is 0 Å². The van der Waals surface area contributed by atoms with E-state index in [9.17, 15) is 23.2 Å². The number of fused-ring (bicyclic) bond motifs is 1. The van der Waals surface area contributed by atoms with Crippen LogP contribution in [-0.4, -0.2) is 23.3 Å². The second-order valence-corrected chi connectivity index (χ2v) is 6.96. The molecule has 0 aliphatic heterocycles. The number of aromatic nitrogens is 2. The van der Waals surface area contributed by atoms with Crippen LogP contribution < -0.4 is 11.2 Å². The van der Waals surface area contributed by atoms with E-state index < -0.39 is 21.1 Å². The van der Waals surface area contributed by atoms with E-state index in [1.54, 1.807) is 12.1 Å². The Morgan fingerprint density at radius 3 is 2.35 bits per heavy atom. The van der Waals surface area contributed by atoms with E-state index >= 15 is 0 Å². The molecule has 0 aliphatic carbocycles. The van der Waals surface area contributed by atoms with Crippen molar-refractivity contribution in [3.05, 3.63) is 68.9 Å². The molecule has 1 aromatic heterocycles. The summed E-state index contributed by atoms with van der Waals surface area (Å²) in [5.74, 6) is 0. The summed E-state index contributed by atoms with van der Waals surface area (Å²) in [5, 5.41) is 9.26. The number of para-hydroxylation sites is 1. The van der Waals surface area contributed by atoms with E-state index in [1.165, 1.54) is 30.3 Å². The van der Waals surface area contributed by atoms with Gasteiger partial charge in [-0.25, -0.2) is 13.2 Å². The maximum Gasteiger partial charge on any atom is 0.362 e. The summed E-state index contributed by atoms with van der Waals surface area (Å²) >= 11 is 0. The van der Waals surface area contributed by atoms with Crippen molar-refractivity contribution in [3.8, 4) is 0 Å². The third-order valence-electron chi connectivity index (χ3n) is 3.49. The van der Waals surface area contributed by atoms with Gasteiger partial charge in [0.25, 0.3) is 5.56 Å². The fourth-order valence-corrected chi connectivity index (χ4v) is 3.71. The van der Waals surface area contributed by atoms with Crippen molar-refractivity contribution in [2.75, 3.05) is 0 Å². The van der Waals surface area contributed by atoms with Crippen LogP contribution in [0.2, 0.25) is 0 Å². The molecule has 2 N–H and O–H groups in total. The summed E-state index contributed by atoms with van der Waals surface area (Å²) in [4.78, 5) is 25.6. The van der Waals surface area contributed by atoms with Gasteiger partial charge < -0.3 is 10.2 Å². The molecular formula is C15H12N2O5S. The Morgan fingerprint density at radius 1 is 1.04 bits per heavy atom. The minimum Gasteiger partial charge on any atom is -0.421 e. The molecule has 0 saturated heterocycles. The molecule has 0 atom stereocenters. The Bertz CT molecular complexity index is 1130. The van der Waals surface area contributed by atoms with E-state index in [0.717, 1.165) is 5.56 Å². The van der Waals surface area contributed by atoms with Crippen LogP contribution in [0.25, 0.3) is 10.9 Å². The first-order valence-electron chi connectivity index (χ1n) is 6.61. The first-order valence-corrected chi connectivity index (χ1v) is 8.10. The van der Waals surface area contributed by atoms with Crippen LogP contribution in [0.4, 0.5) is 0 Å². The number of nitrogens with one attached hydrogen (secondary N) is 1. The lowest BCUT2D eigenvalue weighted by molar-refractivity contribution is 0.162. The zero-order valence-corrected chi connectivity index (χ0v) is 12.8. The molecule has 0 amide bonds. The first kappa shape index (κ1) is 15.0. The molecule has 3 rings (SSSR count). The minimum atomic E-state index is -3.93. The van der Waals surface area contributed by atoms with E-state index in [0.29, 0.717) is 0 Å². The average molecular weight is 332 g/mol. The fraction of sp³-hybridized carbons (Fsp3) is 0.0667. The van der Waals surface area contributed by atoms with E-state index in [1.807, 2.05) is 6.92 Å². The zero-order chi connectivity index (χ0) is 16.8. The lowest BCUT2D eigenvalue weighted by Crippen LogP contribution is -2.33. The first-order chi connectivity index (χ1) is 10.8. The van der Waals surface area contributed by atoms with Gasteiger partial charge in [0.15, 0.2) is 0 Å². The van der Waals surface area contributed by atoms with Crippen LogP contribution in [-0.2, 0) is 9.84 Å². The van der Waals surface area contributed by atoms with Gasteiger partial charge >= 0.3 is 5.69 Å². The lowest BCUT2D eigenvalue weighted by Gasteiger charge is -2.08. The largest absolute Gasteiger partial charge is 0.421 e. The van der Waals surface area contributed by atoms with Crippen LogP contribution in [0, 0.1) is 6.92 Å². The van der Waals surface area contributed by atoms with Gasteiger partial charge in [-0.05, 0) is 31.2 Å². The lowest BCUT2D eigenvalue weighted by atomic mass is 10.2. The molecule has 3 aromatic rings. The Hall–Kier alpha value is -2.87. The summed E-state index contributed by atoms with van der Waals surface area (Å²) in [6.07, 6.45) is 0. The van der Waals surface area contributed by atoms with Crippen LogP contribution >= 0.6 is 0 Å². The number of H-pyrrole nitrogens is 1. The third-order valence-corrected chi connectivity index (χ3v) is 5.31. The average Bonchev–Trinajstić information content (AvgIpc) is 2.52. The maximum atomic E-state index is 12.8. The number of benzene rings is 2. The number of aryl methyl sites for hydroxylation is 1. The molecule has 0 spiro atoms. The summed E-state index contributed by atoms with van der Waals surface area (Å²) in [7, 11) is -3.93. The summed E-state index contributed by atoms with van der Waals surface area (Å²) in [6, 6.07) is 10.2. The van der Waals surface area contributed by atoms with Gasteiger partial charge in [-0.2, -0.15) is 0 Å². The van der Waals surface area contributed by atoms with Crippen molar-refractivity contribution in [1.82, 2.24) is 9.71 Å². The number of nitrogens with zero attached hydrogens (tertiary/aromatic N) is 1. The van der Waals surface area contributed by atoms with Gasteiger partial charge in [0.05, 0.1) is 20.7 Å². The second-order valence-electron chi connectivity index (χ2n) is 5.04. The van der Waals surface area contributed by atoms with Gasteiger partial charge in [0.1, 0.15) is 0 Å². The van der Waals surface area contributed by atoms with Gasteiger partial charge in [-0.1, -0.05) is 28.5 Å². The Labute approximate surface area is 130 Å². The number of rotatable bonds is 2. The van der Waals surface area contributed by atoms with E-state index in [2.05, 4.69) is 4.98 Å². The van der Waals surface area contributed by atoms with Gasteiger partial charge in [0.2, 0.25) is 9.84 Å². The van der Waals surface area contributed by atoms with Crippen molar-refractivity contribution in [3.63, 3.8) is 0 Å². The summed E-state index contributed by atoms with van der Waals surface area (Å²) in [5.41, 5.74) is -1.31. The molecule has 2 aromatic carbocycles. The molecule has 1 heterocycles. The Morgan fingerprint density at radius 2 is 1.70 bits per heavy atom. The molecule has 8 heteroatoms. The van der Waals surface area contributed by atoms with Crippen LogP contribution in [0.5, 0.6) is 0 Å². The van der Waals surface area contributed by atoms with E-state index in [-0.39, 0.29) is 25.4 Å². The molecule has 0 aliphatic rings. The van der Waals surface area contributed by atoms with Gasteiger partial charge in [0, 0.05) is 0 Å². The van der Waals surface area contributed by atoms with Crippen molar-refractivity contribution >= 4 is 20.7 Å². The minimum absolute atomic E-state index is 0.0460. The van der Waals surface area contributed by atoms with Crippen molar-refractivity contribution in [2.45, 2.75) is 16.7 Å². The van der Waals surface area contributed by atoms with Gasteiger partial charge in [-0.15, -0.1) is 0 Å². The molecule has 7 nitrogen and oxygen atoms in total. The Balaban J connectivity index is 2.39. The maximum absolute atomic E-state index is 12.8. The Kier molecular flexibility index (Phi) is 3.33. The molecule has 0 unspecified atom stereocenters. The van der Waals surface area contributed by atoms with Crippen LogP contribution in [0.3, 0.4) is 0 Å². The highest BCUT2D eigenvalue weighted by Crippen LogP contribution is 2.25. The number of hydrogen-bond acceptors (Lipinski definition) is 5. The predicted octanol–water partition coefficient (Wildman–Crippen LogP) is 1.07. The van der Waals surface area contributed by atoms with E-state index in [4.69, 9.17) is 0 Å². The van der Waals surface area contributed by atoms with Crippen molar-refractivity contribution < 1.29 is 13.6 Å².